The van der Waals surface area contributed by atoms with Crippen LogP contribution in [0.2, 0.25) is 0 Å². The highest BCUT2D eigenvalue weighted by atomic mass is 32.1. The molecule has 0 aromatic carbocycles. The van der Waals surface area contributed by atoms with Gasteiger partial charge >= 0.3 is 0 Å². The molecule has 0 saturated heterocycles. The van der Waals surface area contributed by atoms with Gasteiger partial charge in [0.15, 0.2) is 0 Å². The summed E-state index contributed by atoms with van der Waals surface area (Å²) < 4.78 is 12.0. The van der Waals surface area contributed by atoms with E-state index >= 15 is 0 Å². The van der Waals surface area contributed by atoms with Crippen LogP contribution in [0, 0.1) is 12.9 Å². The van der Waals surface area contributed by atoms with Gasteiger partial charge in [0, 0.05) is 0 Å². The number of thiazole rings is 1. The molecule has 0 bridgehead atoms. The van der Waals surface area contributed by atoms with Crippen LogP contribution < -0.4 is 0 Å². The van der Waals surface area contributed by atoms with Gasteiger partial charge in [-0.3, -0.25) is 0 Å². The van der Waals surface area contributed by atoms with Crippen molar-refractivity contribution in [3.05, 3.63) is 11.0 Å². The van der Waals surface area contributed by atoms with Crippen LogP contribution >= 0.6 is 11.3 Å². The van der Waals surface area contributed by atoms with Crippen molar-refractivity contribution in [1.29, 1.82) is 0 Å². The summed E-state index contributed by atoms with van der Waals surface area (Å²) >= 11 is 0.939. The van der Waals surface area contributed by atoms with Crippen LogP contribution in [0.3, 0.4) is 0 Å². The Morgan fingerprint density at radius 2 is 2.38 bits per heavy atom. The predicted molar refractivity (Wildman–Crippen MR) is 28.5 cm³/mol. The first-order valence-electron chi connectivity index (χ1n) is 2.02. The Bertz CT molecular complexity index is 178. The molecule has 4 heteroatoms. The fourth-order valence-corrected chi connectivity index (χ4v) is 0.926. The van der Waals surface area contributed by atoms with Crippen LogP contribution in [0.25, 0.3) is 0 Å². The number of aromatic hydroxyl groups is 1. The number of hydrogen-bond acceptors (Lipinski definition) is 3. The first kappa shape index (κ1) is 5.50. The third kappa shape index (κ3) is 0.790. The largest absolute Gasteiger partial charge is 0.496 e. The van der Waals surface area contributed by atoms with Crippen LogP contribution in [-0.2, 0) is 0 Å². The van der Waals surface area contributed by atoms with Crippen molar-refractivity contribution in [3.63, 3.8) is 0 Å². The van der Waals surface area contributed by atoms with Gasteiger partial charge in [-0.2, -0.15) is 4.39 Å². The molecule has 44 valence electrons. The molecule has 1 N–H and O–H groups in total. The van der Waals surface area contributed by atoms with Crippen LogP contribution in [0.1, 0.15) is 5.01 Å². The van der Waals surface area contributed by atoms with E-state index in [0.717, 1.165) is 11.3 Å². The monoisotopic (exact) mass is 133 g/mol. The molecule has 0 saturated carbocycles. The summed E-state index contributed by atoms with van der Waals surface area (Å²) in [5.41, 5.74) is 0. The van der Waals surface area contributed by atoms with E-state index in [9.17, 15) is 4.39 Å². The Labute approximate surface area is 49.6 Å². The maximum absolute atomic E-state index is 12.0. The highest BCUT2D eigenvalue weighted by Gasteiger charge is 2.03. The number of hydrogen-bond donors (Lipinski definition) is 1. The lowest BCUT2D eigenvalue weighted by atomic mass is 10.8. The lowest BCUT2D eigenvalue weighted by Gasteiger charge is -1.72. The van der Waals surface area contributed by atoms with Crippen LogP contribution in [0.5, 0.6) is 5.06 Å². The molecule has 0 aliphatic heterocycles. The van der Waals surface area contributed by atoms with Gasteiger partial charge in [0.25, 0.3) is 5.95 Å². The van der Waals surface area contributed by atoms with Crippen molar-refractivity contribution in [2.45, 2.75) is 6.92 Å². The summed E-state index contributed by atoms with van der Waals surface area (Å²) in [7, 11) is 0. The Hall–Kier alpha value is -0.640. The number of nitrogens with zero attached hydrogens (tertiary/aromatic N) is 1. The second-order valence-electron chi connectivity index (χ2n) is 1.33. The third-order valence-corrected chi connectivity index (χ3v) is 1.42. The predicted octanol–water partition coefficient (Wildman–Crippen LogP) is 1.30. The van der Waals surface area contributed by atoms with Crippen molar-refractivity contribution in [1.82, 2.24) is 4.98 Å². The molecule has 0 atom stereocenters. The molecule has 0 radical (unpaired) electrons. The highest BCUT2D eigenvalue weighted by molar-refractivity contribution is 7.13. The Morgan fingerprint density at radius 3 is 2.50 bits per heavy atom. The average Bonchev–Trinajstić information content (AvgIpc) is 1.85. The van der Waals surface area contributed by atoms with Gasteiger partial charge in [0.05, 0.1) is 5.01 Å². The normalized spacial score (nSPS) is 9.75. The molecular weight excluding hydrogens is 129 g/mol. The molecule has 0 unspecified atom stereocenters. The summed E-state index contributed by atoms with van der Waals surface area (Å²) in [6, 6.07) is 0. The van der Waals surface area contributed by atoms with E-state index in [1.807, 2.05) is 0 Å². The maximum atomic E-state index is 12.0. The first-order chi connectivity index (χ1) is 3.70. The van der Waals surface area contributed by atoms with Gasteiger partial charge < -0.3 is 5.11 Å². The molecule has 0 fully saturated rings. The zero-order valence-corrected chi connectivity index (χ0v) is 5.00. The SMILES string of the molecule is Cc1nc(F)c(O)s1. The Balaban J connectivity index is 3.14. The van der Waals surface area contributed by atoms with Gasteiger partial charge in [-0.1, -0.05) is 11.3 Å². The van der Waals surface area contributed by atoms with Crippen molar-refractivity contribution in [3.8, 4) is 5.06 Å². The summed E-state index contributed by atoms with van der Waals surface area (Å²) in [4.78, 5) is 3.31. The highest BCUT2D eigenvalue weighted by Crippen LogP contribution is 2.22. The summed E-state index contributed by atoms with van der Waals surface area (Å²) in [6.07, 6.45) is 0. The topological polar surface area (TPSA) is 33.1 Å². The molecule has 1 aromatic heterocycles. The fourth-order valence-electron chi connectivity index (χ4n) is 0.391. The molecule has 0 spiro atoms. The van der Waals surface area contributed by atoms with Crippen molar-refractivity contribution >= 4 is 11.3 Å². The van der Waals surface area contributed by atoms with E-state index in [0.29, 0.717) is 5.01 Å². The zero-order chi connectivity index (χ0) is 6.15. The molecule has 0 aliphatic carbocycles. The minimum absolute atomic E-state index is 0.331. The molecule has 0 aliphatic rings. The van der Waals surface area contributed by atoms with Crippen LogP contribution in [-0.4, -0.2) is 10.1 Å². The van der Waals surface area contributed by atoms with Crippen LogP contribution in [0.15, 0.2) is 0 Å². The van der Waals surface area contributed by atoms with E-state index in [1.54, 1.807) is 6.92 Å². The zero-order valence-electron chi connectivity index (χ0n) is 4.18. The number of halogens is 1. The standard InChI is InChI=1S/C4H4FNOS/c1-2-6-3(5)4(7)8-2/h7H,1H3. The third-order valence-electron chi connectivity index (χ3n) is 0.676. The van der Waals surface area contributed by atoms with Gasteiger partial charge in [-0.15, -0.1) is 0 Å². The second kappa shape index (κ2) is 1.70. The maximum Gasteiger partial charge on any atom is 0.267 e. The average molecular weight is 133 g/mol. The molecule has 2 nitrogen and oxygen atoms in total. The molecule has 1 aromatic rings. The van der Waals surface area contributed by atoms with Crippen molar-refractivity contribution in [2.75, 3.05) is 0 Å². The van der Waals surface area contributed by atoms with Gasteiger partial charge in [-0.25, -0.2) is 4.98 Å². The number of aryl methyl sites for hydroxylation is 1. The van der Waals surface area contributed by atoms with E-state index < -0.39 is 5.95 Å². The minimum Gasteiger partial charge on any atom is -0.496 e. The number of rotatable bonds is 0. The summed E-state index contributed by atoms with van der Waals surface area (Å²) in [5, 5.41) is 8.73. The smallest absolute Gasteiger partial charge is 0.267 e. The second-order valence-corrected chi connectivity index (χ2v) is 2.51. The van der Waals surface area contributed by atoms with Crippen molar-refractivity contribution in [2.24, 2.45) is 0 Å². The first-order valence-corrected chi connectivity index (χ1v) is 2.83. The summed E-state index contributed by atoms with van der Waals surface area (Å²) in [5.74, 6) is -0.771. The van der Waals surface area contributed by atoms with E-state index in [2.05, 4.69) is 4.98 Å². The fraction of sp³-hybridized carbons (Fsp3) is 0.250. The Morgan fingerprint density at radius 1 is 1.75 bits per heavy atom. The number of aromatic nitrogens is 1. The lowest BCUT2D eigenvalue weighted by Crippen LogP contribution is -1.70. The quantitative estimate of drug-likeness (QED) is 0.578. The lowest BCUT2D eigenvalue weighted by molar-refractivity contribution is 0.437. The Kier molecular flexibility index (Phi) is 1.17. The summed E-state index contributed by atoms with van der Waals surface area (Å²) in [6.45, 7) is 1.63. The van der Waals surface area contributed by atoms with Gasteiger partial charge in [0.2, 0.25) is 5.06 Å². The van der Waals surface area contributed by atoms with E-state index in [-0.39, 0.29) is 5.06 Å². The molecule has 1 rings (SSSR count). The van der Waals surface area contributed by atoms with Gasteiger partial charge in [0.1, 0.15) is 0 Å². The molecular formula is C4H4FNOS. The van der Waals surface area contributed by atoms with E-state index in [1.165, 1.54) is 0 Å². The van der Waals surface area contributed by atoms with Crippen molar-refractivity contribution < 1.29 is 9.50 Å². The molecule has 0 amide bonds. The van der Waals surface area contributed by atoms with Gasteiger partial charge in [-0.05, 0) is 6.92 Å². The van der Waals surface area contributed by atoms with E-state index in [4.69, 9.17) is 5.11 Å². The minimum atomic E-state index is -0.771. The van der Waals surface area contributed by atoms with Crippen LogP contribution in [0.4, 0.5) is 4.39 Å². The molecule has 8 heavy (non-hydrogen) atoms. The molecule has 1 heterocycles.